The molecule has 0 saturated carbocycles. The smallest absolute Gasteiger partial charge is 0.280 e. The molecule has 1 aliphatic heterocycles. The lowest BCUT2D eigenvalue weighted by molar-refractivity contribution is -0.0426. The van der Waals surface area contributed by atoms with Crippen molar-refractivity contribution in [2.24, 2.45) is 0 Å². The second-order valence-corrected chi connectivity index (χ2v) is 6.27. The summed E-state index contributed by atoms with van der Waals surface area (Å²) in [6.07, 6.45) is -2.02. The van der Waals surface area contributed by atoms with Gasteiger partial charge < -0.3 is 25.4 Å². The van der Waals surface area contributed by atoms with Crippen LogP contribution in [0.1, 0.15) is 12.6 Å². The normalized spacial score (nSPS) is 22.4. The molecule has 3 atom stereocenters. The first-order valence-corrected chi connectivity index (χ1v) is 8.38. The summed E-state index contributed by atoms with van der Waals surface area (Å²) in [5.74, 6) is 1.06. The van der Waals surface area contributed by atoms with Gasteiger partial charge in [-0.25, -0.2) is 4.98 Å². The Balaban J connectivity index is 1.92. The number of fused-ring (bicyclic) bond motifs is 1. The van der Waals surface area contributed by atoms with Crippen molar-refractivity contribution in [2.45, 2.75) is 24.9 Å². The zero-order valence-electron chi connectivity index (χ0n) is 14.5. The largest absolute Gasteiger partial charge is 0.497 e. The van der Waals surface area contributed by atoms with Crippen molar-refractivity contribution in [3.05, 3.63) is 34.6 Å². The van der Waals surface area contributed by atoms with Crippen LogP contribution in [0.4, 0.5) is 5.95 Å². The number of nitrogens with zero attached hydrogens (tertiary/aromatic N) is 3. The molecule has 10 heteroatoms. The van der Waals surface area contributed by atoms with Crippen LogP contribution < -0.4 is 16.0 Å². The maximum atomic E-state index is 12.3. The fourth-order valence-electron chi connectivity index (χ4n) is 3.25. The van der Waals surface area contributed by atoms with Crippen LogP contribution in [0.3, 0.4) is 0 Å². The van der Waals surface area contributed by atoms with Crippen LogP contribution in [0.25, 0.3) is 22.6 Å². The molecule has 3 heterocycles. The van der Waals surface area contributed by atoms with Gasteiger partial charge in [0, 0.05) is 12.0 Å². The minimum Gasteiger partial charge on any atom is -0.497 e. The lowest BCUT2D eigenvalue weighted by Crippen LogP contribution is -2.24. The van der Waals surface area contributed by atoms with E-state index in [1.54, 1.807) is 35.9 Å². The lowest BCUT2D eigenvalue weighted by Gasteiger charge is -2.17. The Bertz CT molecular complexity index is 1030. The molecule has 1 saturated heterocycles. The number of nitrogen functional groups attached to an aromatic ring is 1. The van der Waals surface area contributed by atoms with Crippen molar-refractivity contribution in [3.63, 3.8) is 0 Å². The monoisotopic (exact) mass is 373 g/mol. The second kappa shape index (κ2) is 6.65. The highest BCUT2D eigenvalue weighted by molar-refractivity contribution is 5.77. The number of aliphatic hydroxyl groups is 2. The highest BCUT2D eigenvalue weighted by Gasteiger charge is 2.37. The zero-order chi connectivity index (χ0) is 19.1. The molecule has 142 valence electrons. The van der Waals surface area contributed by atoms with Gasteiger partial charge in [0.05, 0.1) is 19.8 Å². The van der Waals surface area contributed by atoms with E-state index in [9.17, 15) is 15.0 Å². The number of nitrogens with one attached hydrogen (secondary N) is 1. The van der Waals surface area contributed by atoms with Crippen molar-refractivity contribution < 1.29 is 19.7 Å². The van der Waals surface area contributed by atoms with Gasteiger partial charge >= 0.3 is 0 Å². The third kappa shape index (κ3) is 2.93. The second-order valence-electron chi connectivity index (χ2n) is 6.27. The zero-order valence-corrected chi connectivity index (χ0v) is 14.5. The Morgan fingerprint density at radius 2 is 2.11 bits per heavy atom. The molecule has 4 rings (SSSR count). The molecule has 0 unspecified atom stereocenters. The topological polar surface area (TPSA) is 149 Å². The minimum absolute atomic E-state index is 0.0489. The van der Waals surface area contributed by atoms with Crippen LogP contribution in [-0.4, -0.2) is 55.7 Å². The molecule has 0 amide bonds. The maximum absolute atomic E-state index is 12.3. The van der Waals surface area contributed by atoms with E-state index in [1.165, 1.54) is 0 Å². The molecule has 0 radical (unpaired) electrons. The number of methoxy groups -OCH3 is 1. The van der Waals surface area contributed by atoms with E-state index in [-0.39, 0.29) is 30.1 Å². The number of H-pyrrole nitrogens is 1. The SMILES string of the molecule is COc1ccc(-c2nc3c(=O)[nH]c(N)nc3n2[C@H]2C[C@H](O)[C@@H](CO)O2)cc1. The Morgan fingerprint density at radius 1 is 1.37 bits per heavy atom. The summed E-state index contributed by atoms with van der Waals surface area (Å²) in [6.45, 7) is -0.321. The minimum atomic E-state index is -0.847. The molecule has 0 bridgehead atoms. The van der Waals surface area contributed by atoms with Gasteiger partial charge in [0.15, 0.2) is 11.2 Å². The van der Waals surface area contributed by atoms with Crippen LogP contribution in [0.2, 0.25) is 0 Å². The number of nitrogens with two attached hydrogens (primary N) is 1. The molecule has 27 heavy (non-hydrogen) atoms. The van der Waals surface area contributed by atoms with E-state index in [0.29, 0.717) is 17.1 Å². The molecule has 5 N–H and O–H groups in total. The van der Waals surface area contributed by atoms with Gasteiger partial charge in [-0.2, -0.15) is 4.98 Å². The first-order valence-electron chi connectivity index (χ1n) is 8.38. The van der Waals surface area contributed by atoms with Crippen LogP contribution in [0.15, 0.2) is 29.1 Å². The number of aromatic amines is 1. The maximum Gasteiger partial charge on any atom is 0.280 e. The van der Waals surface area contributed by atoms with Crippen molar-refractivity contribution in [1.82, 2.24) is 19.5 Å². The Morgan fingerprint density at radius 3 is 2.74 bits per heavy atom. The highest BCUT2D eigenvalue weighted by Crippen LogP contribution is 2.35. The summed E-state index contributed by atoms with van der Waals surface area (Å²) in [7, 11) is 1.57. The average molecular weight is 373 g/mol. The molecular weight excluding hydrogens is 354 g/mol. The molecule has 0 spiro atoms. The predicted octanol–water partition coefficient (Wildman–Crippen LogP) is 0.0181. The fraction of sp³-hybridized carbons (Fsp3) is 0.353. The van der Waals surface area contributed by atoms with Gasteiger partial charge in [0.25, 0.3) is 5.56 Å². The van der Waals surface area contributed by atoms with Crippen molar-refractivity contribution in [1.29, 1.82) is 0 Å². The van der Waals surface area contributed by atoms with E-state index in [0.717, 1.165) is 0 Å². The average Bonchev–Trinajstić information content (AvgIpc) is 3.22. The number of aromatic nitrogens is 4. The third-order valence-corrected chi connectivity index (χ3v) is 4.59. The summed E-state index contributed by atoms with van der Waals surface area (Å²) < 4.78 is 12.6. The highest BCUT2D eigenvalue weighted by atomic mass is 16.5. The Labute approximate surface area is 153 Å². The summed E-state index contributed by atoms with van der Waals surface area (Å²) in [5, 5.41) is 19.5. The summed E-state index contributed by atoms with van der Waals surface area (Å²) in [4.78, 5) is 23.4. The van der Waals surface area contributed by atoms with Gasteiger partial charge in [-0.1, -0.05) is 0 Å². The number of ether oxygens (including phenoxy) is 2. The first-order chi connectivity index (χ1) is 13.0. The molecule has 1 aromatic carbocycles. The molecule has 1 fully saturated rings. The molecular formula is C17H19N5O5. The van der Waals surface area contributed by atoms with Gasteiger partial charge in [0.2, 0.25) is 5.95 Å². The quantitative estimate of drug-likeness (QED) is 0.500. The van der Waals surface area contributed by atoms with Gasteiger partial charge in [-0.15, -0.1) is 0 Å². The summed E-state index contributed by atoms with van der Waals surface area (Å²) in [5.41, 5.74) is 6.30. The predicted molar refractivity (Wildman–Crippen MR) is 96.2 cm³/mol. The van der Waals surface area contributed by atoms with E-state index in [1.807, 2.05) is 0 Å². The number of hydrogen-bond donors (Lipinski definition) is 4. The molecule has 1 aliphatic rings. The van der Waals surface area contributed by atoms with Crippen molar-refractivity contribution in [2.75, 3.05) is 19.5 Å². The van der Waals surface area contributed by atoms with E-state index >= 15 is 0 Å². The fourth-order valence-corrected chi connectivity index (χ4v) is 3.25. The van der Waals surface area contributed by atoms with Crippen LogP contribution >= 0.6 is 0 Å². The number of imidazole rings is 1. The van der Waals surface area contributed by atoms with Crippen LogP contribution in [0, 0.1) is 0 Å². The molecule has 0 aliphatic carbocycles. The molecule has 3 aromatic rings. The van der Waals surface area contributed by atoms with Crippen LogP contribution in [0.5, 0.6) is 5.75 Å². The van der Waals surface area contributed by atoms with Crippen molar-refractivity contribution in [3.8, 4) is 17.1 Å². The van der Waals surface area contributed by atoms with Gasteiger partial charge in [-0.3, -0.25) is 14.3 Å². The number of aliphatic hydroxyl groups excluding tert-OH is 2. The number of anilines is 1. The number of hydrogen-bond acceptors (Lipinski definition) is 8. The first kappa shape index (κ1) is 17.5. The van der Waals surface area contributed by atoms with Gasteiger partial charge in [-0.05, 0) is 24.3 Å². The molecule has 10 nitrogen and oxygen atoms in total. The third-order valence-electron chi connectivity index (χ3n) is 4.59. The summed E-state index contributed by atoms with van der Waals surface area (Å²) in [6, 6.07) is 7.13. The van der Waals surface area contributed by atoms with Gasteiger partial charge in [0.1, 0.15) is 23.9 Å². The Hall–Kier alpha value is -2.95. The van der Waals surface area contributed by atoms with Crippen LogP contribution in [-0.2, 0) is 4.74 Å². The lowest BCUT2D eigenvalue weighted by atomic mass is 10.1. The number of rotatable bonds is 4. The van der Waals surface area contributed by atoms with Crippen molar-refractivity contribution >= 4 is 17.1 Å². The van der Waals surface area contributed by atoms with E-state index in [4.69, 9.17) is 15.2 Å². The van der Waals surface area contributed by atoms with E-state index < -0.39 is 24.0 Å². The summed E-state index contributed by atoms with van der Waals surface area (Å²) >= 11 is 0. The standard InChI is InChI=1S/C17H19N5O5/c1-26-9-4-2-8(3-5-9)14-19-13-15(20-17(18)21-16(13)25)22(14)12-6-10(24)11(7-23)27-12/h2-5,10-12,23-24H,6-7H2,1H3,(H3,18,20,21,25)/t10-,11+,12+/m0/s1. The Kier molecular flexibility index (Phi) is 4.30. The number of benzene rings is 1. The molecule has 2 aromatic heterocycles. The van der Waals surface area contributed by atoms with E-state index in [2.05, 4.69) is 15.0 Å².